The molecule has 14 nitrogen and oxygen atoms in total. The van der Waals surface area contributed by atoms with Gasteiger partial charge >= 0.3 is 5.97 Å². The number of aliphatic hydroxyl groups excluding tert-OH is 1. The average molecular weight is 636 g/mol. The number of aliphatic hydroxyl groups is 2. The molecule has 0 saturated heterocycles. The molecule has 3 aliphatic carbocycles. The van der Waals surface area contributed by atoms with Crippen molar-refractivity contribution in [3.63, 3.8) is 0 Å². The lowest BCUT2D eigenvalue weighted by atomic mass is 9.52. The molecule has 7 atom stereocenters. The van der Waals surface area contributed by atoms with Gasteiger partial charge in [-0.15, -0.1) is 0 Å². The molecule has 2 saturated carbocycles. The number of ketones is 4. The summed E-state index contributed by atoms with van der Waals surface area (Å²) >= 11 is 0. The summed E-state index contributed by atoms with van der Waals surface area (Å²) in [5.41, 5.74) is 3.69. The molecule has 46 heavy (non-hydrogen) atoms. The molecule has 3 aliphatic rings. The third-order valence-corrected chi connectivity index (χ3v) is 9.35. The Hall–Kier alpha value is -4.79. The lowest BCUT2D eigenvalue weighted by molar-refractivity contribution is -0.181. The van der Waals surface area contributed by atoms with Crippen LogP contribution in [0.1, 0.15) is 32.7 Å². The standard InChI is InChI=1S/C32H33N3O11/c1-35(2)24-18-11-15-10-17-16(13-5-4-6-14(9-13)30(43)34-19(12-36)31(44)46-3)7-8-20(37)22(17)25(38)21(15)27(40)32(18,45)28(41)23(26(24)39)29(33)42/h4-9,15,18-19,21,23-24,36-37,45H,10-12H2,1-3H3,(H2,33,42)(H,34,43)/t15-,18-,19?,21?,23?,24-,32-/m0/s1. The minimum Gasteiger partial charge on any atom is -0.507 e. The number of methoxy groups -OCH3 is 1. The molecular formula is C32H33N3O11. The number of hydrogen-bond donors (Lipinski definition) is 5. The zero-order valence-corrected chi connectivity index (χ0v) is 25.2. The Balaban J connectivity index is 1.57. The summed E-state index contributed by atoms with van der Waals surface area (Å²) in [5, 5.41) is 34.4. The van der Waals surface area contributed by atoms with Gasteiger partial charge in [-0.25, -0.2) is 4.79 Å². The molecule has 2 aromatic carbocycles. The van der Waals surface area contributed by atoms with Crippen molar-refractivity contribution in [1.29, 1.82) is 0 Å². The van der Waals surface area contributed by atoms with E-state index in [-0.39, 0.29) is 24.0 Å². The number of phenols is 1. The van der Waals surface area contributed by atoms with Crippen molar-refractivity contribution in [1.82, 2.24) is 10.2 Å². The van der Waals surface area contributed by atoms with E-state index in [4.69, 9.17) is 5.73 Å². The number of primary amides is 1. The number of benzene rings is 2. The Morgan fingerprint density at radius 1 is 1.11 bits per heavy atom. The molecular weight excluding hydrogens is 602 g/mol. The first-order valence-corrected chi connectivity index (χ1v) is 14.5. The smallest absolute Gasteiger partial charge is 0.330 e. The van der Waals surface area contributed by atoms with Crippen LogP contribution in [0.2, 0.25) is 0 Å². The van der Waals surface area contributed by atoms with Crippen LogP contribution in [0.25, 0.3) is 11.1 Å². The quantitative estimate of drug-likeness (QED) is 0.178. The Kier molecular flexibility index (Phi) is 8.40. The zero-order chi connectivity index (χ0) is 33.8. The molecule has 2 fully saturated rings. The topological polar surface area (TPSA) is 231 Å². The van der Waals surface area contributed by atoms with Crippen LogP contribution in [0.4, 0.5) is 0 Å². The van der Waals surface area contributed by atoms with Crippen LogP contribution >= 0.6 is 0 Å². The van der Waals surface area contributed by atoms with Crippen LogP contribution < -0.4 is 11.1 Å². The maximum atomic E-state index is 14.0. The third-order valence-electron chi connectivity index (χ3n) is 9.35. The predicted octanol–water partition coefficient (Wildman–Crippen LogP) is -1.20. The van der Waals surface area contributed by atoms with E-state index in [9.17, 15) is 48.9 Å². The van der Waals surface area contributed by atoms with E-state index in [2.05, 4.69) is 10.1 Å². The van der Waals surface area contributed by atoms with Gasteiger partial charge < -0.3 is 31.1 Å². The van der Waals surface area contributed by atoms with Crippen molar-refractivity contribution in [2.24, 2.45) is 29.4 Å². The number of nitrogens with two attached hydrogens (primary N) is 1. The SMILES string of the molecule is COC(=O)C(CO)NC(=O)c1cccc(-c2ccc(O)c3c2C[C@H]2C[C@H]4[C@H](N(C)C)C(=O)C(C(N)=O)C(=O)[C@@]4(O)C(=O)C2C3=O)c1. The van der Waals surface area contributed by atoms with E-state index >= 15 is 0 Å². The summed E-state index contributed by atoms with van der Waals surface area (Å²) in [6, 6.07) is 6.42. The summed E-state index contributed by atoms with van der Waals surface area (Å²) in [5.74, 6) is -13.1. The lowest BCUT2D eigenvalue weighted by Crippen LogP contribution is -2.74. The first-order chi connectivity index (χ1) is 21.7. The van der Waals surface area contributed by atoms with Gasteiger partial charge in [-0.1, -0.05) is 18.2 Å². The monoisotopic (exact) mass is 635 g/mol. The van der Waals surface area contributed by atoms with Gasteiger partial charge in [0, 0.05) is 11.5 Å². The largest absolute Gasteiger partial charge is 0.507 e. The fourth-order valence-electron chi connectivity index (χ4n) is 7.27. The first-order valence-electron chi connectivity index (χ1n) is 14.5. The first kappa shape index (κ1) is 32.6. The fraction of sp³-hybridized carbons (Fsp3) is 0.406. The Morgan fingerprint density at radius 2 is 1.80 bits per heavy atom. The van der Waals surface area contributed by atoms with Gasteiger partial charge in [0.25, 0.3) is 5.91 Å². The minimum absolute atomic E-state index is 0.0287. The molecule has 0 radical (unpaired) electrons. The van der Waals surface area contributed by atoms with Gasteiger partial charge in [0.2, 0.25) is 5.91 Å². The Bertz CT molecular complexity index is 1700. The van der Waals surface area contributed by atoms with Gasteiger partial charge in [-0.3, -0.25) is 33.7 Å². The zero-order valence-electron chi connectivity index (χ0n) is 25.2. The van der Waals surface area contributed by atoms with Crippen molar-refractivity contribution in [3.05, 3.63) is 53.1 Å². The van der Waals surface area contributed by atoms with Crippen LogP contribution in [-0.2, 0) is 35.1 Å². The van der Waals surface area contributed by atoms with Crippen LogP contribution in [0, 0.1) is 23.7 Å². The molecule has 0 heterocycles. The highest BCUT2D eigenvalue weighted by Gasteiger charge is 2.69. The van der Waals surface area contributed by atoms with Crippen molar-refractivity contribution >= 4 is 40.9 Å². The number of carbonyl (C=O) groups is 7. The summed E-state index contributed by atoms with van der Waals surface area (Å²) in [4.78, 5) is 93.1. The van der Waals surface area contributed by atoms with E-state index in [1.54, 1.807) is 18.2 Å². The van der Waals surface area contributed by atoms with E-state index in [0.717, 1.165) is 7.11 Å². The number of ether oxygens (including phenoxy) is 1. The summed E-state index contributed by atoms with van der Waals surface area (Å²) in [6.45, 7) is -0.696. The Morgan fingerprint density at radius 3 is 2.41 bits per heavy atom. The van der Waals surface area contributed by atoms with Crippen LogP contribution in [0.15, 0.2) is 36.4 Å². The second kappa shape index (κ2) is 11.9. The van der Waals surface area contributed by atoms with E-state index in [1.807, 2.05) is 0 Å². The highest BCUT2D eigenvalue weighted by molar-refractivity contribution is 6.32. The molecule has 3 unspecified atom stereocenters. The molecule has 0 spiro atoms. The van der Waals surface area contributed by atoms with Gasteiger partial charge in [0.1, 0.15) is 5.75 Å². The third kappa shape index (κ3) is 4.89. The number of fused-ring (bicyclic) bond motifs is 3. The average Bonchev–Trinajstić information content (AvgIpc) is 3.01. The predicted molar refractivity (Wildman–Crippen MR) is 157 cm³/mol. The molecule has 0 bridgehead atoms. The highest BCUT2D eigenvalue weighted by Crippen LogP contribution is 2.51. The highest BCUT2D eigenvalue weighted by atomic mass is 16.5. The number of hydrogen-bond acceptors (Lipinski definition) is 12. The number of esters is 1. The number of nitrogens with zero attached hydrogens (tertiary/aromatic N) is 1. The number of aromatic hydroxyl groups is 1. The summed E-state index contributed by atoms with van der Waals surface area (Å²) in [7, 11) is 4.12. The van der Waals surface area contributed by atoms with Crippen LogP contribution in [0.5, 0.6) is 5.75 Å². The second-order valence-electron chi connectivity index (χ2n) is 12.1. The van der Waals surface area contributed by atoms with Crippen molar-refractivity contribution in [3.8, 4) is 16.9 Å². The van der Waals surface area contributed by atoms with Crippen molar-refractivity contribution < 1.29 is 53.6 Å². The number of likely N-dealkylation sites (N-methyl/N-ethyl adjacent to an activating group) is 1. The normalized spacial score (nSPS) is 27.7. The summed E-state index contributed by atoms with van der Waals surface area (Å²) < 4.78 is 4.58. The van der Waals surface area contributed by atoms with Gasteiger partial charge in [-0.2, -0.15) is 0 Å². The molecule has 5 rings (SSSR count). The van der Waals surface area contributed by atoms with Crippen molar-refractivity contribution in [2.75, 3.05) is 27.8 Å². The second-order valence-corrected chi connectivity index (χ2v) is 12.1. The number of carbonyl (C=O) groups excluding carboxylic acids is 7. The Labute approximate surface area is 262 Å². The minimum atomic E-state index is -2.83. The number of Topliss-reactive ketones (excluding diaryl/α,β-unsaturated/α-hetero) is 4. The summed E-state index contributed by atoms with van der Waals surface area (Å²) in [6.07, 6.45) is -0.0849. The molecule has 0 aromatic heterocycles. The number of nitrogens with one attached hydrogen (secondary N) is 1. The molecule has 2 aromatic rings. The van der Waals surface area contributed by atoms with Gasteiger partial charge in [0.05, 0.1) is 31.2 Å². The molecule has 14 heteroatoms. The molecule has 242 valence electrons. The van der Waals surface area contributed by atoms with E-state index in [1.165, 1.54) is 37.2 Å². The van der Waals surface area contributed by atoms with Crippen molar-refractivity contribution in [2.45, 2.75) is 30.5 Å². The molecule has 6 N–H and O–H groups in total. The molecule has 2 amide bonds. The molecule has 0 aliphatic heterocycles. The fourth-order valence-corrected chi connectivity index (χ4v) is 7.27. The van der Waals surface area contributed by atoms with Crippen LogP contribution in [-0.4, -0.2) is 107 Å². The van der Waals surface area contributed by atoms with E-state index in [0.29, 0.717) is 16.7 Å². The number of amides is 2. The van der Waals surface area contributed by atoms with Gasteiger partial charge in [-0.05, 0) is 67.7 Å². The lowest BCUT2D eigenvalue weighted by Gasteiger charge is -2.52. The number of phenolic OH excluding ortho intramolecular Hbond substituents is 1. The van der Waals surface area contributed by atoms with E-state index < -0.39 is 94.6 Å². The maximum absolute atomic E-state index is 14.0. The van der Waals surface area contributed by atoms with Crippen LogP contribution in [0.3, 0.4) is 0 Å². The number of rotatable bonds is 7. The maximum Gasteiger partial charge on any atom is 0.330 e. The van der Waals surface area contributed by atoms with Gasteiger partial charge in [0.15, 0.2) is 40.7 Å².